The van der Waals surface area contributed by atoms with E-state index in [4.69, 9.17) is 23.2 Å². The fourth-order valence-corrected chi connectivity index (χ4v) is 3.72. The van der Waals surface area contributed by atoms with E-state index in [-0.39, 0.29) is 24.8 Å². The zero-order valence-corrected chi connectivity index (χ0v) is 19.6. The van der Waals surface area contributed by atoms with Crippen LogP contribution in [-0.2, 0) is 22.6 Å². The SMILES string of the molecule is CC[C@@H](C(=O)NCC(C)C)N(Cc1ccc(Cl)cc1Cl)C(=O)Cc1ccccc1C. The summed E-state index contributed by atoms with van der Waals surface area (Å²) in [4.78, 5) is 27.9. The predicted molar refractivity (Wildman–Crippen MR) is 124 cm³/mol. The summed E-state index contributed by atoms with van der Waals surface area (Å²) in [6.07, 6.45) is 0.737. The highest BCUT2D eigenvalue weighted by Gasteiger charge is 2.29. The highest BCUT2D eigenvalue weighted by atomic mass is 35.5. The molecule has 6 heteroatoms. The van der Waals surface area contributed by atoms with E-state index in [2.05, 4.69) is 5.32 Å². The molecule has 162 valence electrons. The third-order valence-electron chi connectivity index (χ3n) is 5.03. The molecule has 0 fully saturated rings. The number of carbonyl (C=O) groups excluding carboxylic acids is 2. The lowest BCUT2D eigenvalue weighted by atomic mass is 10.0. The van der Waals surface area contributed by atoms with Gasteiger partial charge in [-0.25, -0.2) is 0 Å². The number of amides is 2. The summed E-state index contributed by atoms with van der Waals surface area (Å²) in [5, 5.41) is 3.98. The largest absolute Gasteiger partial charge is 0.354 e. The molecule has 1 N–H and O–H groups in total. The first-order valence-corrected chi connectivity index (χ1v) is 11.0. The molecule has 0 spiro atoms. The average molecular weight is 449 g/mol. The van der Waals surface area contributed by atoms with Gasteiger partial charge in [0.05, 0.1) is 6.42 Å². The fourth-order valence-electron chi connectivity index (χ4n) is 3.25. The van der Waals surface area contributed by atoms with Crippen molar-refractivity contribution in [3.8, 4) is 0 Å². The van der Waals surface area contributed by atoms with E-state index < -0.39 is 6.04 Å². The van der Waals surface area contributed by atoms with E-state index in [1.807, 2.05) is 52.0 Å². The van der Waals surface area contributed by atoms with Crippen LogP contribution in [-0.4, -0.2) is 29.3 Å². The fraction of sp³-hybridized carbons (Fsp3) is 0.417. The summed E-state index contributed by atoms with van der Waals surface area (Å²) < 4.78 is 0. The summed E-state index contributed by atoms with van der Waals surface area (Å²) in [7, 11) is 0. The second-order valence-electron chi connectivity index (χ2n) is 7.92. The number of rotatable bonds is 9. The highest BCUT2D eigenvalue weighted by Crippen LogP contribution is 2.24. The van der Waals surface area contributed by atoms with Crippen LogP contribution in [0.1, 0.15) is 43.9 Å². The maximum absolute atomic E-state index is 13.4. The van der Waals surface area contributed by atoms with Gasteiger partial charge in [-0.3, -0.25) is 9.59 Å². The number of nitrogens with zero attached hydrogens (tertiary/aromatic N) is 1. The number of nitrogens with one attached hydrogen (secondary N) is 1. The van der Waals surface area contributed by atoms with E-state index in [9.17, 15) is 9.59 Å². The van der Waals surface area contributed by atoms with E-state index in [1.54, 1.807) is 23.1 Å². The van der Waals surface area contributed by atoms with Crippen molar-refractivity contribution < 1.29 is 9.59 Å². The maximum Gasteiger partial charge on any atom is 0.242 e. The quantitative estimate of drug-likeness (QED) is 0.556. The number of carbonyl (C=O) groups is 2. The molecule has 0 radical (unpaired) electrons. The molecule has 30 heavy (non-hydrogen) atoms. The Kier molecular flexibility index (Phi) is 9.19. The molecule has 2 aromatic carbocycles. The minimum Gasteiger partial charge on any atom is -0.354 e. The number of benzene rings is 2. The lowest BCUT2D eigenvalue weighted by molar-refractivity contribution is -0.141. The molecule has 0 aliphatic heterocycles. The first kappa shape index (κ1) is 24.2. The number of hydrogen-bond acceptors (Lipinski definition) is 2. The molecule has 0 saturated carbocycles. The van der Waals surface area contributed by atoms with Gasteiger partial charge >= 0.3 is 0 Å². The Hall–Kier alpha value is -2.04. The van der Waals surface area contributed by atoms with E-state index >= 15 is 0 Å². The standard InChI is InChI=1S/C24H30Cl2N2O2/c1-5-22(24(30)27-14-16(2)3)28(15-19-10-11-20(25)13-21(19)26)23(29)12-18-9-7-6-8-17(18)4/h6-11,13,16,22H,5,12,14-15H2,1-4H3,(H,27,30)/t22-/m0/s1. The highest BCUT2D eigenvalue weighted by molar-refractivity contribution is 6.35. The van der Waals surface area contributed by atoms with Crippen molar-refractivity contribution in [1.29, 1.82) is 0 Å². The first-order chi connectivity index (χ1) is 14.2. The number of halogens is 2. The Labute approximate surface area is 189 Å². The topological polar surface area (TPSA) is 49.4 Å². The summed E-state index contributed by atoms with van der Waals surface area (Å²) in [6, 6.07) is 12.4. The normalized spacial score (nSPS) is 12.0. The third kappa shape index (κ3) is 6.75. The molecule has 0 bridgehead atoms. The molecule has 0 aliphatic carbocycles. The molecule has 2 rings (SSSR count). The predicted octanol–water partition coefficient (Wildman–Crippen LogP) is 5.42. The van der Waals surface area contributed by atoms with Gasteiger partial charge < -0.3 is 10.2 Å². The van der Waals surface area contributed by atoms with Gasteiger partial charge in [-0.1, -0.05) is 74.3 Å². The monoisotopic (exact) mass is 448 g/mol. The van der Waals surface area contributed by atoms with Gasteiger partial charge in [-0.2, -0.15) is 0 Å². The van der Waals surface area contributed by atoms with Crippen LogP contribution in [0.5, 0.6) is 0 Å². The average Bonchev–Trinajstić information content (AvgIpc) is 2.69. The van der Waals surface area contributed by atoms with Gasteiger partial charge in [0.1, 0.15) is 6.04 Å². The van der Waals surface area contributed by atoms with Gasteiger partial charge in [0, 0.05) is 23.1 Å². The van der Waals surface area contributed by atoms with Gasteiger partial charge in [-0.05, 0) is 48.1 Å². The van der Waals surface area contributed by atoms with Crippen LogP contribution in [0.4, 0.5) is 0 Å². The van der Waals surface area contributed by atoms with E-state index in [0.29, 0.717) is 28.9 Å². The molecular formula is C24H30Cl2N2O2. The van der Waals surface area contributed by atoms with Gasteiger partial charge in [-0.15, -0.1) is 0 Å². The van der Waals surface area contributed by atoms with Crippen molar-refractivity contribution >= 4 is 35.0 Å². The third-order valence-corrected chi connectivity index (χ3v) is 5.62. The van der Waals surface area contributed by atoms with Gasteiger partial charge in [0.15, 0.2) is 0 Å². The molecule has 0 heterocycles. The molecule has 0 saturated heterocycles. The molecule has 1 atom stereocenters. The number of aryl methyl sites for hydroxylation is 1. The maximum atomic E-state index is 13.4. The number of hydrogen-bond donors (Lipinski definition) is 1. The molecule has 2 amide bonds. The van der Waals surface area contributed by atoms with Crippen molar-refractivity contribution in [1.82, 2.24) is 10.2 Å². The minimum absolute atomic E-state index is 0.109. The van der Waals surface area contributed by atoms with Crippen LogP contribution >= 0.6 is 23.2 Å². The van der Waals surface area contributed by atoms with Crippen molar-refractivity contribution in [2.45, 2.75) is 53.1 Å². The van der Waals surface area contributed by atoms with Gasteiger partial charge in [0.25, 0.3) is 0 Å². The smallest absolute Gasteiger partial charge is 0.242 e. The Balaban J connectivity index is 2.33. The summed E-state index contributed by atoms with van der Waals surface area (Å²) in [6.45, 7) is 8.78. The lowest BCUT2D eigenvalue weighted by Crippen LogP contribution is -2.50. The summed E-state index contributed by atoms with van der Waals surface area (Å²) in [5.74, 6) is 0.0737. The summed E-state index contributed by atoms with van der Waals surface area (Å²) in [5.41, 5.74) is 2.76. The molecular weight excluding hydrogens is 419 g/mol. The molecule has 0 aliphatic rings. The Bertz CT molecular complexity index is 883. The van der Waals surface area contributed by atoms with Crippen LogP contribution in [0.25, 0.3) is 0 Å². The first-order valence-electron chi connectivity index (χ1n) is 10.3. The van der Waals surface area contributed by atoms with Crippen molar-refractivity contribution in [3.05, 3.63) is 69.2 Å². The van der Waals surface area contributed by atoms with Gasteiger partial charge in [0.2, 0.25) is 11.8 Å². The van der Waals surface area contributed by atoms with Crippen LogP contribution in [0.2, 0.25) is 10.0 Å². The molecule has 4 nitrogen and oxygen atoms in total. The molecule has 0 aromatic heterocycles. The van der Waals surface area contributed by atoms with Crippen molar-refractivity contribution in [2.75, 3.05) is 6.54 Å². The zero-order valence-electron chi connectivity index (χ0n) is 18.0. The van der Waals surface area contributed by atoms with Crippen LogP contribution in [0.15, 0.2) is 42.5 Å². The Morgan fingerprint density at radius 2 is 1.77 bits per heavy atom. The van der Waals surface area contributed by atoms with E-state index in [0.717, 1.165) is 16.7 Å². The van der Waals surface area contributed by atoms with Crippen LogP contribution in [0.3, 0.4) is 0 Å². The zero-order chi connectivity index (χ0) is 22.3. The Morgan fingerprint density at radius 1 is 1.07 bits per heavy atom. The molecule has 0 unspecified atom stereocenters. The van der Waals surface area contributed by atoms with Crippen molar-refractivity contribution in [2.24, 2.45) is 5.92 Å². The summed E-state index contributed by atoms with van der Waals surface area (Å²) >= 11 is 12.4. The minimum atomic E-state index is -0.577. The van der Waals surface area contributed by atoms with Crippen LogP contribution in [0, 0.1) is 12.8 Å². The second-order valence-corrected chi connectivity index (χ2v) is 8.77. The van der Waals surface area contributed by atoms with E-state index in [1.165, 1.54) is 0 Å². The second kappa shape index (κ2) is 11.4. The molecule has 2 aromatic rings. The van der Waals surface area contributed by atoms with Crippen molar-refractivity contribution in [3.63, 3.8) is 0 Å². The Morgan fingerprint density at radius 3 is 2.37 bits per heavy atom. The van der Waals surface area contributed by atoms with Crippen LogP contribution < -0.4 is 5.32 Å². The lowest BCUT2D eigenvalue weighted by Gasteiger charge is -2.31.